The van der Waals surface area contributed by atoms with Crippen LogP contribution in [0.25, 0.3) is 0 Å². The van der Waals surface area contributed by atoms with Crippen molar-refractivity contribution >= 4 is 5.91 Å². The summed E-state index contributed by atoms with van der Waals surface area (Å²) in [7, 11) is 0. The number of hydrogen-bond donors (Lipinski definition) is 2. The summed E-state index contributed by atoms with van der Waals surface area (Å²) in [6.45, 7) is 2.25. The van der Waals surface area contributed by atoms with Crippen molar-refractivity contribution in [1.29, 1.82) is 0 Å². The van der Waals surface area contributed by atoms with Crippen molar-refractivity contribution in [2.45, 2.75) is 44.6 Å². The molecule has 0 radical (unpaired) electrons. The van der Waals surface area contributed by atoms with Crippen molar-refractivity contribution in [2.24, 2.45) is 11.8 Å². The maximum atomic E-state index is 11.5. The SMILES string of the molecule is CC(O)(CNC(=O)C1CCC1)C1CC1. The summed E-state index contributed by atoms with van der Waals surface area (Å²) in [6, 6.07) is 0. The Morgan fingerprint density at radius 2 is 2.07 bits per heavy atom. The fraction of sp³-hybridized carbons (Fsp3) is 0.909. The van der Waals surface area contributed by atoms with E-state index in [1.807, 2.05) is 6.92 Å². The van der Waals surface area contributed by atoms with Crippen molar-refractivity contribution in [3.05, 3.63) is 0 Å². The molecule has 0 aromatic heterocycles. The second kappa shape index (κ2) is 3.54. The van der Waals surface area contributed by atoms with Gasteiger partial charge in [0, 0.05) is 12.5 Å². The lowest BCUT2D eigenvalue weighted by Gasteiger charge is -2.28. The van der Waals surface area contributed by atoms with Crippen LogP contribution in [0.15, 0.2) is 0 Å². The van der Waals surface area contributed by atoms with E-state index in [0.717, 1.165) is 25.7 Å². The molecule has 2 saturated carbocycles. The van der Waals surface area contributed by atoms with E-state index in [2.05, 4.69) is 5.32 Å². The van der Waals surface area contributed by atoms with Gasteiger partial charge in [-0.3, -0.25) is 4.79 Å². The Morgan fingerprint density at radius 3 is 2.50 bits per heavy atom. The lowest BCUT2D eigenvalue weighted by atomic mass is 9.84. The van der Waals surface area contributed by atoms with Crippen LogP contribution in [-0.2, 0) is 4.79 Å². The molecule has 3 nitrogen and oxygen atoms in total. The predicted octanol–water partition coefficient (Wildman–Crippen LogP) is 1.06. The molecule has 2 fully saturated rings. The van der Waals surface area contributed by atoms with Gasteiger partial charge in [0.25, 0.3) is 0 Å². The Hall–Kier alpha value is -0.570. The lowest BCUT2D eigenvalue weighted by Crippen LogP contribution is -2.45. The molecular weight excluding hydrogens is 178 g/mol. The number of carbonyl (C=O) groups is 1. The molecule has 2 rings (SSSR count). The minimum Gasteiger partial charge on any atom is -0.388 e. The highest BCUT2D eigenvalue weighted by Gasteiger charge is 2.40. The molecule has 0 saturated heterocycles. The molecule has 2 aliphatic carbocycles. The van der Waals surface area contributed by atoms with Crippen molar-refractivity contribution < 1.29 is 9.90 Å². The smallest absolute Gasteiger partial charge is 0.223 e. The van der Waals surface area contributed by atoms with E-state index in [4.69, 9.17) is 0 Å². The minimum atomic E-state index is -0.681. The van der Waals surface area contributed by atoms with E-state index < -0.39 is 5.60 Å². The van der Waals surface area contributed by atoms with Gasteiger partial charge < -0.3 is 10.4 Å². The predicted molar refractivity (Wildman–Crippen MR) is 53.7 cm³/mol. The summed E-state index contributed by atoms with van der Waals surface area (Å²) in [5, 5.41) is 12.8. The van der Waals surface area contributed by atoms with Crippen molar-refractivity contribution in [3.8, 4) is 0 Å². The van der Waals surface area contributed by atoms with Gasteiger partial charge in [-0.15, -0.1) is 0 Å². The molecule has 1 amide bonds. The van der Waals surface area contributed by atoms with Gasteiger partial charge in [0.15, 0.2) is 0 Å². The molecule has 14 heavy (non-hydrogen) atoms. The van der Waals surface area contributed by atoms with Gasteiger partial charge in [0.1, 0.15) is 0 Å². The first-order valence-corrected chi connectivity index (χ1v) is 5.60. The topological polar surface area (TPSA) is 49.3 Å². The zero-order valence-electron chi connectivity index (χ0n) is 8.75. The van der Waals surface area contributed by atoms with Gasteiger partial charge in [-0.1, -0.05) is 6.42 Å². The highest BCUT2D eigenvalue weighted by atomic mass is 16.3. The molecule has 80 valence electrons. The molecule has 2 N–H and O–H groups in total. The van der Waals surface area contributed by atoms with Crippen LogP contribution in [0.2, 0.25) is 0 Å². The summed E-state index contributed by atoms with van der Waals surface area (Å²) >= 11 is 0. The molecular formula is C11H19NO2. The molecule has 1 unspecified atom stereocenters. The molecule has 0 bridgehead atoms. The lowest BCUT2D eigenvalue weighted by molar-refractivity contribution is -0.128. The van der Waals surface area contributed by atoms with Gasteiger partial charge in [0.2, 0.25) is 5.91 Å². The molecule has 0 heterocycles. The van der Waals surface area contributed by atoms with Crippen LogP contribution in [0.1, 0.15) is 39.0 Å². The summed E-state index contributed by atoms with van der Waals surface area (Å²) in [6.07, 6.45) is 5.44. The van der Waals surface area contributed by atoms with E-state index in [1.54, 1.807) is 0 Å². The maximum absolute atomic E-state index is 11.5. The standard InChI is InChI=1S/C11H19NO2/c1-11(14,9-5-6-9)7-12-10(13)8-3-2-4-8/h8-9,14H,2-7H2,1H3,(H,12,13). The molecule has 0 aliphatic heterocycles. The maximum Gasteiger partial charge on any atom is 0.223 e. The Kier molecular flexibility index (Phi) is 2.52. The largest absolute Gasteiger partial charge is 0.388 e. The number of aliphatic hydroxyl groups is 1. The third-order valence-electron chi connectivity index (χ3n) is 3.55. The van der Waals surface area contributed by atoms with Crippen LogP contribution in [0.5, 0.6) is 0 Å². The van der Waals surface area contributed by atoms with Crippen LogP contribution in [-0.4, -0.2) is 23.2 Å². The monoisotopic (exact) mass is 197 g/mol. The summed E-state index contributed by atoms with van der Waals surface area (Å²) in [5.41, 5.74) is -0.681. The zero-order chi connectivity index (χ0) is 10.2. The average molecular weight is 197 g/mol. The summed E-state index contributed by atoms with van der Waals surface area (Å²) in [5.74, 6) is 0.770. The molecule has 2 aliphatic rings. The van der Waals surface area contributed by atoms with Crippen LogP contribution < -0.4 is 5.32 Å². The minimum absolute atomic E-state index is 0.136. The first-order chi connectivity index (χ1) is 6.59. The molecule has 3 heteroatoms. The van der Waals surface area contributed by atoms with Crippen LogP contribution >= 0.6 is 0 Å². The second-order valence-electron chi connectivity index (χ2n) is 4.98. The van der Waals surface area contributed by atoms with Crippen molar-refractivity contribution in [3.63, 3.8) is 0 Å². The van der Waals surface area contributed by atoms with Crippen molar-refractivity contribution in [1.82, 2.24) is 5.32 Å². The number of rotatable bonds is 4. The van der Waals surface area contributed by atoms with Crippen molar-refractivity contribution in [2.75, 3.05) is 6.54 Å². The Morgan fingerprint density at radius 1 is 1.43 bits per heavy atom. The number of nitrogens with one attached hydrogen (secondary N) is 1. The molecule has 0 aromatic rings. The number of amides is 1. The van der Waals surface area contributed by atoms with Gasteiger partial charge in [0.05, 0.1) is 5.60 Å². The average Bonchev–Trinajstić information content (AvgIpc) is 2.79. The highest BCUT2D eigenvalue weighted by molar-refractivity contribution is 5.79. The summed E-state index contributed by atoms with van der Waals surface area (Å²) in [4.78, 5) is 11.5. The van der Waals surface area contributed by atoms with Gasteiger partial charge >= 0.3 is 0 Å². The highest BCUT2D eigenvalue weighted by Crippen LogP contribution is 2.39. The van der Waals surface area contributed by atoms with E-state index in [1.165, 1.54) is 6.42 Å². The second-order valence-corrected chi connectivity index (χ2v) is 4.98. The first-order valence-electron chi connectivity index (χ1n) is 5.60. The van der Waals surface area contributed by atoms with Crippen LogP contribution in [0.3, 0.4) is 0 Å². The molecule has 0 aromatic carbocycles. The normalized spacial score (nSPS) is 26.4. The third kappa shape index (κ3) is 2.08. The van der Waals surface area contributed by atoms with Gasteiger partial charge in [-0.25, -0.2) is 0 Å². The van der Waals surface area contributed by atoms with E-state index in [0.29, 0.717) is 12.5 Å². The van der Waals surface area contributed by atoms with Gasteiger partial charge in [-0.05, 0) is 38.5 Å². The Balaban J connectivity index is 1.72. The van der Waals surface area contributed by atoms with E-state index in [9.17, 15) is 9.90 Å². The van der Waals surface area contributed by atoms with Crippen LogP contribution in [0, 0.1) is 11.8 Å². The van der Waals surface area contributed by atoms with E-state index >= 15 is 0 Å². The van der Waals surface area contributed by atoms with Gasteiger partial charge in [-0.2, -0.15) is 0 Å². The quantitative estimate of drug-likeness (QED) is 0.708. The molecule has 0 spiro atoms. The fourth-order valence-electron chi connectivity index (χ4n) is 1.93. The fourth-order valence-corrected chi connectivity index (χ4v) is 1.93. The first kappa shape index (κ1) is 9.97. The Bertz CT molecular complexity index is 229. The Labute approximate surface area is 84.9 Å². The zero-order valence-corrected chi connectivity index (χ0v) is 8.75. The van der Waals surface area contributed by atoms with Crippen LogP contribution in [0.4, 0.5) is 0 Å². The number of hydrogen-bond acceptors (Lipinski definition) is 2. The summed E-state index contributed by atoms with van der Waals surface area (Å²) < 4.78 is 0. The van der Waals surface area contributed by atoms with E-state index in [-0.39, 0.29) is 11.8 Å². The number of carbonyl (C=O) groups excluding carboxylic acids is 1. The third-order valence-corrected chi connectivity index (χ3v) is 3.55. The molecule has 1 atom stereocenters.